The molecule has 1 fully saturated rings. The van der Waals surface area contributed by atoms with Crippen LogP contribution in [-0.4, -0.2) is 35.8 Å². The van der Waals surface area contributed by atoms with E-state index in [1.807, 2.05) is 5.32 Å². The molecule has 2 heterocycles. The number of urea groups is 1. The van der Waals surface area contributed by atoms with E-state index in [4.69, 9.17) is 4.42 Å². The first-order valence-corrected chi connectivity index (χ1v) is 7.13. The van der Waals surface area contributed by atoms with Gasteiger partial charge in [0.15, 0.2) is 0 Å². The van der Waals surface area contributed by atoms with Gasteiger partial charge in [0.05, 0.1) is 5.97 Å². The standard InChI is InChI=1S/C17H12N2O6/c1-19-15(21)12(14(20)18-17(19)24)8-11-5-6-13(25-11)9-3-2-4-10(7-9)16(22)23/h2-8H,1H3,(H,22,23)(H,18,20,24)/p-1/b12-8-. The largest absolute Gasteiger partial charge is 0.545 e. The fraction of sp³-hybridized carbons (Fsp3) is 0.0588. The second kappa shape index (κ2) is 6.08. The van der Waals surface area contributed by atoms with Crippen LogP contribution >= 0.6 is 0 Å². The molecule has 3 rings (SSSR count). The maximum absolute atomic E-state index is 12.0. The molecule has 126 valence electrons. The third-order valence-corrected chi connectivity index (χ3v) is 3.60. The Morgan fingerprint density at radius 2 is 1.96 bits per heavy atom. The summed E-state index contributed by atoms with van der Waals surface area (Å²) >= 11 is 0. The smallest absolute Gasteiger partial charge is 0.331 e. The minimum atomic E-state index is -1.31. The van der Waals surface area contributed by atoms with Gasteiger partial charge >= 0.3 is 6.03 Å². The van der Waals surface area contributed by atoms with Crippen LogP contribution in [0.25, 0.3) is 17.4 Å². The van der Waals surface area contributed by atoms with Gasteiger partial charge in [0.1, 0.15) is 17.1 Å². The summed E-state index contributed by atoms with van der Waals surface area (Å²) in [6, 6.07) is 8.25. The number of nitrogens with one attached hydrogen (secondary N) is 1. The minimum absolute atomic E-state index is 0.00391. The van der Waals surface area contributed by atoms with Crippen LogP contribution in [0.1, 0.15) is 16.1 Å². The van der Waals surface area contributed by atoms with Gasteiger partial charge in [0.25, 0.3) is 11.8 Å². The van der Waals surface area contributed by atoms with Gasteiger partial charge in [0.2, 0.25) is 0 Å². The summed E-state index contributed by atoms with van der Waals surface area (Å²) in [6.07, 6.45) is 1.21. The summed E-state index contributed by atoms with van der Waals surface area (Å²) in [5.74, 6) is -2.32. The van der Waals surface area contributed by atoms with Crippen LogP contribution in [0, 0.1) is 0 Å². The molecule has 0 unspecified atom stereocenters. The maximum atomic E-state index is 12.0. The average molecular weight is 339 g/mol. The zero-order valence-corrected chi connectivity index (χ0v) is 12.9. The lowest BCUT2D eigenvalue weighted by atomic mass is 10.1. The predicted molar refractivity (Wildman–Crippen MR) is 82.8 cm³/mol. The van der Waals surface area contributed by atoms with E-state index in [1.165, 1.54) is 31.3 Å². The van der Waals surface area contributed by atoms with Gasteiger partial charge in [0, 0.05) is 12.6 Å². The van der Waals surface area contributed by atoms with Crippen LogP contribution in [-0.2, 0) is 9.59 Å². The number of carboxylic acid groups (broad SMARTS) is 1. The lowest BCUT2D eigenvalue weighted by Gasteiger charge is -2.21. The number of hydrogen-bond donors (Lipinski definition) is 1. The molecule has 1 aromatic heterocycles. The van der Waals surface area contributed by atoms with Crippen molar-refractivity contribution in [3.05, 3.63) is 53.3 Å². The first kappa shape index (κ1) is 16.2. The van der Waals surface area contributed by atoms with Crippen molar-refractivity contribution in [2.75, 3.05) is 7.05 Å². The molecule has 25 heavy (non-hydrogen) atoms. The number of benzene rings is 1. The number of likely N-dealkylation sites (N-methyl/N-ethyl adjacent to an activating group) is 1. The maximum Gasteiger partial charge on any atom is 0.331 e. The molecule has 0 atom stereocenters. The van der Waals surface area contributed by atoms with Gasteiger partial charge in [-0.05, 0) is 29.8 Å². The molecule has 1 aromatic carbocycles. The van der Waals surface area contributed by atoms with Crippen molar-refractivity contribution in [1.82, 2.24) is 10.2 Å². The van der Waals surface area contributed by atoms with E-state index < -0.39 is 23.8 Å². The van der Waals surface area contributed by atoms with E-state index in [2.05, 4.69) is 0 Å². The molecular formula is C17H11N2O6-. The Balaban J connectivity index is 1.93. The van der Waals surface area contributed by atoms with Gasteiger partial charge in [-0.15, -0.1) is 0 Å². The fourth-order valence-electron chi connectivity index (χ4n) is 2.27. The number of amides is 4. The summed E-state index contributed by atoms with van der Waals surface area (Å²) in [5, 5.41) is 12.9. The van der Waals surface area contributed by atoms with Crippen molar-refractivity contribution in [1.29, 1.82) is 0 Å². The van der Waals surface area contributed by atoms with E-state index >= 15 is 0 Å². The molecule has 1 saturated heterocycles. The quantitative estimate of drug-likeness (QED) is 0.638. The molecule has 2 aromatic rings. The van der Waals surface area contributed by atoms with Crippen LogP contribution in [0.3, 0.4) is 0 Å². The molecule has 1 N–H and O–H groups in total. The number of furan rings is 1. The van der Waals surface area contributed by atoms with E-state index in [9.17, 15) is 24.3 Å². The molecule has 0 bridgehead atoms. The Hall–Kier alpha value is -3.68. The summed E-state index contributed by atoms with van der Waals surface area (Å²) in [4.78, 5) is 46.9. The Labute approximate surface area is 141 Å². The molecule has 0 saturated carbocycles. The highest BCUT2D eigenvalue weighted by atomic mass is 16.4. The third-order valence-electron chi connectivity index (χ3n) is 3.60. The summed E-state index contributed by atoms with van der Waals surface area (Å²) in [6.45, 7) is 0. The molecule has 1 aliphatic heterocycles. The Kier molecular flexibility index (Phi) is 3.94. The second-order valence-corrected chi connectivity index (χ2v) is 5.25. The second-order valence-electron chi connectivity index (χ2n) is 5.25. The fourth-order valence-corrected chi connectivity index (χ4v) is 2.27. The van der Waals surface area contributed by atoms with E-state index in [0.29, 0.717) is 11.3 Å². The lowest BCUT2D eigenvalue weighted by Crippen LogP contribution is -2.52. The highest BCUT2D eigenvalue weighted by Gasteiger charge is 2.33. The van der Waals surface area contributed by atoms with Crippen molar-refractivity contribution in [3.8, 4) is 11.3 Å². The SMILES string of the molecule is CN1C(=O)NC(=O)/C(=C/c2ccc(-c3cccc(C(=O)[O-])c3)o2)C1=O. The first-order valence-electron chi connectivity index (χ1n) is 7.13. The van der Waals surface area contributed by atoms with Crippen LogP contribution < -0.4 is 10.4 Å². The van der Waals surface area contributed by atoms with Crippen LogP contribution in [0.4, 0.5) is 4.79 Å². The highest BCUT2D eigenvalue weighted by molar-refractivity contribution is 6.30. The molecule has 0 aliphatic carbocycles. The molecular weight excluding hydrogens is 328 g/mol. The summed E-state index contributed by atoms with van der Waals surface area (Å²) in [7, 11) is 1.25. The Morgan fingerprint density at radius 3 is 2.68 bits per heavy atom. The summed E-state index contributed by atoms with van der Waals surface area (Å²) < 4.78 is 5.54. The molecule has 8 heteroatoms. The normalized spacial score (nSPS) is 16.3. The van der Waals surface area contributed by atoms with Gasteiger partial charge in [-0.2, -0.15) is 0 Å². The Bertz CT molecular complexity index is 940. The number of nitrogens with zero attached hydrogens (tertiary/aromatic N) is 1. The molecule has 0 spiro atoms. The van der Waals surface area contributed by atoms with Crippen molar-refractivity contribution in [3.63, 3.8) is 0 Å². The van der Waals surface area contributed by atoms with Crippen molar-refractivity contribution >= 4 is 29.9 Å². The molecule has 1 aliphatic rings. The number of imide groups is 2. The topological polar surface area (TPSA) is 120 Å². The van der Waals surface area contributed by atoms with Crippen LogP contribution in [0.5, 0.6) is 0 Å². The van der Waals surface area contributed by atoms with Crippen molar-refractivity contribution in [2.24, 2.45) is 0 Å². The van der Waals surface area contributed by atoms with E-state index in [0.717, 1.165) is 4.90 Å². The zero-order chi connectivity index (χ0) is 18.1. The first-order chi connectivity index (χ1) is 11.9. The summed E-state index contributed by atoms with van der Waals surface area (Å²) in [5.41, 5.74) is 0.250. The predicted octanol–water partition coefficient (Wildman–Crippen LogP) is 0.402. The third kappa shape index (κ3) is 3.05. The number of carboxylic acids is 1. The molecule has 8 nitrogen and oxygen atoms in total. The zero-order valence-electron chi connectivity index (χ0n) is 12.9. The van der Waals surface area contributed by atoms with Crippen LogP contribution in [0.15, 0.2) is 46.4 Å². The highest BCUT2D eigenvalue weighted by Crippen LogP contribution is 2.25. The Morgan fingerprint density at radius 1 is 1.20 bits per heavy atom. The van der Waals surface area contributed by atoms with E-state index in [-0.39, 0.29) is 16.9 Å². The van der Waals surface area contributed by atoms with Gasteiger partial charge < -0.3 is 14.3 Å². The monoisotopic (exact) mass is 339 g/mol. The van der Waals surface area contributed by atoms with E-state index in [1.54, 1.807) is 18.2 Å². The van der Waals surface area contributed by atoms with Gasteiger partial charge in [-0.3, -0.25) is 19.8 Å². The average Bonchev–Trinajstić information content (AvgIpc) is 3.05. The molecule has 0 radical (unpaired) electrons. The van der Waals surface area contributed by atoms with Gasteiger partial charge in [-0.1, -0.05) is 18.2 Å². The molecule has 4 amide bonds. The number of barbiturate groups is 1. The van der Waals surface area contributed by atoms with Crippen molar-refractivity contribution < 1.29 is 28.7 Å². The number of rotatable bonds is 3. The number of carbonyl (C=O) groups is 4. The minimum Gasteiger partial charge on any atom is -0.545 e. The number of carbonyl (C=O) groups excluding carboxylic acids is 4. The van der Waals surface area contributed by atoms with Crippen LogP contribution in [0.2, 0.25) is 0 Å². The lowest BCUT2D eigenvalue weighted by molar-refractivity contribution is -0.255. The number of hydrogen-bond acceptors (Lipinski definition) is 6. The van der Waals surface area contributed by atoms with Gasteiger partial charge in [-0.25, -0.2) is 4.79 Å². The number of aromatic carboxylic acids is 1. The van der Waals surface area contributed by atoms with Crippen molar-refractivity contribution in [2.45, 2.75) is 0 Å².